The number of rotatable bonds is 2. The van der Waals surface area contributed by atoms with E-state index in [1.54, 1.807) is 0 Å². The first-order valence-corrected chi connectivity index (χ1v) is 5.89. The highest BCUT2D eigenvalue weighted by Gasteiger charge is 2.05. The van der Waals surface area contributed by atoms with Crippen LogP contribution in [0.2, 0.25) is 5.02 Å². The minimum Gasteiger partial charge on any atom is -0.372 e. The molecule has 14 heavy (non-hydrogen) atoms. The van der Waals surface area contributed by atoms with Crippen LogP contribution in [0.5, 0.6) is 0 Å². The Labute approximate surface area is 105 Å². The molecule has 0 radical (unpaired) electrons. The van der Waals surface area contributed by atoms with Gasteiger partial charge in [-0.3, -0.25) is 0 Å². The van der Waals surface area contributed by atoms with Gasteiger partial charge in [0.1, 0.15) is 0 Å². The number of halogens is 3. The molecule has 0 saturated heterocycles. The first-order chi connectivity index (χ1) is 6.65. The van der Waals surface area contributed by atoms with E-state index in [-0.39, 0.29) is 0 Å². The van der Waals surface area contributed by atoms with E-state index in [2.05, 4.69) is 49.0 Å². The normalized spacial score (nSPS) is 9.14. The Morgan fingerprint density at radius 1 is 1.36 bits per heavy atom. The van der Waals surface area contributed by atoms with E-state index < -0.39 is 0 Å². The zero-order valence-electron chi connectivity index (χ0n) is 7.50. The van der Waals surface area contributed by atoms with E-state index in [9.17, 15) is 0 Å². The van der Waals surface area contributed by atoms with Crippen molar-refractivity contribution in [2.45, 2.75) is 6.92 Å². The van der Waals surface area contributed by atoms with Crippen LogP contribution < -0.4 is 5.32 Å². The molecule has 0 amide bonds. The summed E-state index contributed by atoms with van der Waals surface area (Å²) >= 11 is 12.7. The van der Waals surface area contributed by atoms with Crippen molar-refractivity contribution < 1.29 is 0 Å². The topological polar surface area (TPSA) is 12.0 Å². The van der Waals surface area contributed by atoms with E-state index in [1.165, 1.54) is 0 Å². The molecule has 0 aromatic heterocycles. The van der Waals surface area contributed by atoms with Crippen molar-refractivity contribution in [3.05, 3.63) is 26.1 Å². The second-order valence-electron chi connectivity index (χ2n) is 2.52. The fourth-order valence-corrected chi connectivity index (χ4v) is 2.88. The van der Waals surface area contributed by atoms with Crippen LogP contribution in [0.25, 0.3) is 0 Å². The van der Waals surface area contributed by atoms with Gasteiger partial charge in [-0.25, -0.2) is 0 Å². The lowest BCUT2D eigenvalue weighted by molar-refractivity contribution is 1.35. The summed E-state index contributed by atoms with van der Waals surface area (Å²) in [6.07, 6.45) is 0. The SMILES string of the molecule is CC#CCNc1c(Br)cc(Cl)cc1Br. The second-order valence-corrected chi connectivity index (χ2v) is 4.67. The molecule has 0 bridgehead atoms. The summed E-state index contributed by atoms with van der Waals surface area (Å²) in [6, 6.07) is 3.68. The third kappa shape index (κ3) is 3.20. The third-order valence-corrected chi connectivity index (χ3v) is 3.01. The summed E-state index contributed by atoms with van der Waals surface area (Å²) in [4.78, 5) is 0. The Hall–Kier alpha value is -0.170. The van der Waals surface area contributed by atoms with Crippen LogP contribution >= 0.6 is 43.5 Å². The number of nitrogens with one attached hydrogen (secondary N) is 1. The van der Waals surface area contributed by atoms with E-state index in [0.29, 0.717) is 11.6 Å². The quantitative estimate of drug-likeness (QED) is 0.794. The van der Waals surface area contributed by atoms with Gasteiger partial charge < -0.3 is 5.32 Å². The van der Waals surface area contributed by atoms with Gasteiger partial charge in [-0.1, -0.05) is 17.5 Å². The fraction of sp³-hybridized carbons (Fsp3) is 0.200. The summed E-state index contributed by atoms with van der Waals surface area (Å²) in [7, 11) is 0. The summed E-state index contributed by atoms with van der Waals surface area (Å²) in [6.45, 7) is 2.43. The molecule has 0 fully saturated rings. The van der Waals surface area contributed by atoms with Gasteiger partial charge in [-0.15, -0.1) is 5.92 Å². The molecule has 0 aliphatic carbocycles. The maximum absolute atomic E-state index is 5.87. The molecule has 0 atom stereocenters. The highest BCUT2D eigenvalue weighted by atomic mass is 79.9. The molecule has 0 spiro atoms. The van der Waals surface area contributed by atoms with Crippen molar-refractivity contribution in [2.75, 3.05) is 11.9 Å². The molecule has 1 rings (SSSR count). The second kappa shape index (κ2) is 5.65. The Balaban J connectivity index is 2.89. The Bertz CT molecular complexity index is 370. The van der Waals surface area contributed by atoms with Crippen LogP contribution in [0, 0.1) is 11.8 Å². The molecule has 0 aliphatic rings. The summed E-state index contributed by atoms with van der Waals surface area (Å²) < 4.78 is 1.85. The van der Waals surface area contributed by atoms with Gasteiger partial charge in [0.25, 0.3) is 0 Å². The summed E-state index contributed by atoms with van der Waals surface area (Å²) in [5, 5.41) is 3.87. The van der Waals surface area contributed by atoms with E-state index in [4.69, 9.17) is 11.6 Å². The molecule has 0 unspecified atom stereocenters. The van der Waals surface area contributed by atoms with Gasteiger partial charge in [0, 0.05) is 14.0 Å². The average molecular weight is 337 g/mol. The van der Waals surface area contributed by atoms with E-state index in [0.717, 1.165) is 14.6 Å². The Morgan fingerprint density at radius 2 is 1.93 bits per heavy atom. The smallest absolute Gasteiger partial charge is 0.0766 e. The fourth-order valence-electron chi connectivity index (χ4n) is 0.932. The van der Waals surface area contributed by atoms with Crippen LogP contribution in [0.15, 0.2) is 21.1 Å². The zero-order chi connectivity index (χ0) is 10.6. The number of hydrogen-bond donors (Lipinski definition) is 1. The molecule has 1 aromatic rings. The lowest BCUT2D eigenvalue weighted by Crippen LogP contribution is -2.00. The van der Waals surface area contributed by atoms with Gasteiger partial charge >= 0.3 is 0 Å². The van der Waals surface area contributed by atoms with Crippen molar-refractivity contribution in [1.82, 2.24) is 0 Å². The maximum Gasteiger partial charge on any atom is 0.0766 e. The van der Waals surface area contributed by atoms with Crippen LogP contribution in [-0.2, 0) is 0 Å². The first kappa shape index (κ1) is 11.9. The Morgan fingerprint density at radius 3 is 2.43 bits per heavy atom. The molecule has 4 heteroatoms. The molecule has 0 saturated carbocycles. The standard InChI is InChI=1S/C10H8Br2ClN/c1-2-3-4-14-10-8(11)5-7(13)6-9(10)12/h5-6,14H,4H2,1H3. The van der Waals surface area contributed by atoms with Crippen molar-refractivity contribution in [3.8, 4) is 11.8 Å². The third-order valence-electron chi connectivity index (χ3n) is 1.54. The summed E-state index contributed by atoms with van der Waals surface area (Å²) in [5.41, 5.74) is 0.970. The minimum absolute atomic E-state index is 0.620. The van der Waals surface area contributed by atoms with Crippen LogP contribution in [0.4, 0.5) is 5.69 Å². The average Bonchev–Trinajstić information content (AvgIpc) is 2.09. The monoisotopic (exact) mass is 335 g/mol. The molecule has 74 valence electrons. The number of hydrogen-bond acceptors (Lipinski definition) is 1. The van der Waals surface area contributed by atoms with E-state index >= 15 is 0 Å². The first-order valence-electron chi connectivity index (χ1n) is 3.93. The van der Waals surface area contributed by atoms with Crippen molar-refractivity contribution in [3.63, 3.8) is 0 Å². The van der Waals surface area contributed by atoms with Gasteiger partial charge in [-0.05, 0) is 50.9 Å². The maximum atomic E-state index is 5.87. The van der Waals surface area contributed by atoms with Gasteiger partial charge in [0.15, 0.2) is 0 Å². The summed E-state index contributed by atoms with van der Waals surface area (Å²) in [5.74, 6) is 5.75. The van der Waals surface area contributed by atoms with Crippen molar-refractivity contribution in [1.29, 1.82) is 0 Å². The molecular weight excluding hydrogens is 329 g/mol. The Kier molecular flexibility index (Phi) is 4.80. The molecule has 1 nitrogen and oxygen atoms in total. The number of anilines is 1. The van der Waals surface area contributed by atoms with E-state index in [1.807, 2.05) is 19.1 Å². The molecule has 0 aliphatic heterocycles. The van der Waals surface area contributed by atoms with Gasteiger partial charge in [0.2, 0.25) is 0 Å². The molecule has 1 aromatic carbocycles. The highest BCUT2D eigenvalue weighted by Crippen LogP contribution is 2.33. The molecular formula is C10H8Br2ClN. The lowest BCUT2D eigenvalue weighted by atomic mass is 10.3. The predicted octanol–water partition coefficient (Wildman–Crippen LogP) is 4.30. The lowest BCUT2D eigenvalue weighted by Gasteiger charge is -2.08. The van der Waals surface area contributed by atoms with Crippen LogP contribution in [0.3, 0.4) is 0 Å². The largest absolute Gasteiger partial charge is 0.372 e. The highest BCUT2D eigenvalue weighted by molar-refractivity contribution is 9.11. The van der Waals surface area contributed by atoms with Crippen LogP contribution in [0.1, 0.15) is 6.92 Å². The van der Waals surface area contributed by atoms with Crippen molar-refractivity contribution in [2.24, 2.45) is 0 Å². The molecule has 0 heterocycles. The van der Waals surface area contributed by atoms with Gasteiger partial charge in [0.05, 0.1) is 12.2 Å². The zero-order valence-corrected chi connectivity index (χ0v) is 11.4. The molecule has 1 N–H and O–H groups in total. The van der Waals surface area contributed by atoms with Crippen LogP contribution in [-0.4, -0.2) is 6.54 Å². The predicted molar refractivity (Wildman–Crippen MR) is 68.8 cm³/mol. The number of benzene rings is 1. The minimum atomic E-state index is 0.620. The van der Waals surface area contributed by atoms with Gasteiger partial charge in [-0.2, -0.15) is 0 Å². The van der Waals surface area contributed by atoms with Crippen molar-refractivity contribution >= 4 is 49.1 Å².